The van der Waals surface area contributed by atoms with Crippen LogP contribution < -0.4 is 5.73 Å². The molecular weight excluding hydrogens is 166 g/mol. The first-order valence-electron chi connectivity index (χ1n) is 4.20. The van der Waals surface area contributed by atoms with Gasteiger partial charge in [0.25, 0.3) is 0 Å². The first kappa shape index (κ1) is 11.5. The average Bonchev–Trinajstić information content (AvgIpc) is 2.13. The Balaban J connectivity index is 0.000000671. The minimum atomic E-state index is -0.923. The van der Waals surface area contributed by atoms with E-state index in [9.17, 15) is 4.79 Å². The number of aryl methyl sites for hydroxylation is 1. The van der Waals surface area contributed by atoms with Gasteiger partial charge in [-0.25, -0.2) is 4.79 Å². The molecule has 0 aliphatic carbocycles. The van der Waals surface area contributed by atoms with E-state index in [-0.39, 0.29) is 5.56 Å². The summed E-state index contributed by atoms with van der Waals surface area (Å²) in [5.41, 5.74) is 7.19. The predicted molar refractivity (Wildman–Crippen MR) is 53.9 cm³/mol. The van der Waals surface area contributed by atoms with Crippen molar-refractivity contribution in [2.75, 3.05) is 5.73 Å². The number of anilines is 1. The van der Waals surface area contributed by atoms with E-state index in [1.807, 2.05) is 13.8 Å². The fraction of sp³-hybridized carbons (Fsp3) is 0.300. The van der Waals surface area contributed by atoms with E-state index in [1.165, 1.54) is 6.07 Å². The zero-order chi connectivity index (χ0) is 10.4. The third-order valence-electron chi connectivity index (χ3n) is 1.52. The van der Waals surface area contributed by atoms with Crippen molar-refractivity contribution in [2.45, 2.75) is 20.8 Å². The molecule has 3 heteroatoms. The second-order valence-corrected chi connectivity index (χ2v) is 2.38. The lowest BCUT2D eigenvalue weighted by Gasteiger charge is -1.99. The maximum atomic E-state index is 10.4. The molecule has 0 heterocycles. The van der Waals surface area contributed by atoms with E-state index >= 15 is 0 Å². The van der Waals surface area contributed by atoms with Gasteiger partial charge in [0.05, 0.1) is 5.56 Å². The summed E-state index contributed by atoms with van der Waals surface area (Å²) in [4.78, 5) is 10.4. The Bertz CT molecular complexity index is 295. The Labute approximate surface area is 78.2 Å². The molecule has 13 heavy (non-hydrogen) atoms. The molecule has 3 nitrogen and oxygen atoms in total. The number of carbonyl (C=O) groups is 1. The Morgan fingerprint density at radius 2 is 1.92 bits per heavy atom. The van der Waals surface area contributed by atoms with Gasteiger partial charge < -0.3 is 10.8 Å². The molecule has 1 aromatic rings. The largest absolute Gasteiger partial charge is 0.478 e. The van der Waals surface area contributed by atoms with Crippen LogP contribution >= 0.6 is 0 Å². The van der Waals surface area contributed by atoms with Crippen molar-refractivity contribution >= 4 is 11.7 Å². The van der Waals surface area contributed by atoms with Gasteiger partial charge >= 0.3 is 5.97 Å². The smallest absolute Gasteiger partial charge is 0.335 e. The average molecular weight is 181 g/mol. The highest BCUT2D eigenvalue weighted by Gasteiger charge is 2.02. The van der Waals surface area contributed by atoms with E-state index < -0.39 is 5.97 Å². The van der Waals surface area contributed by atoms with Gasteiger partial charge in [0.1, 0.15) is 0 Å². The van der Waals surface area contributed by atoms with Crippen molar-refractivity contribution in [3.05, 3.63) is 29.3 Å². The maximum absolute atomic E-state index is 10.4. The molecule has 0 saturated carbocycles. The number of hydrogen-bond donors (Lipinski definition) is 2. The lowest BCUT2D eigenvalue weighted by molar-refractivity contribution is 0.0697. The molecule has 0 amide bonds. The molecule has 0 atom stereocenters. The number of benzene rings is 1. The number of rotatable bonds is 1. The van der Waals surface area contributed by atoms with Crippen molar-refractivity contribution in [1.82, 2.24) is 0 Å². The van der Waals surface area contributed by atoms with Gasteiger partial charge in [-0.1, -0.05) is 13.8 Å². The summed E-state index contributed by atoms with van der Waals surface area (Å²) in [6.07, 6.45) is 0. The molecule has 3 N–H and O–H groups in total. The molecule has 0 spiro atoms. The topological polar surface area (TPSA) is 63.3 Å². The first-order valence-corrected chi connectivity index (χ1v) is 4.20. The van der Waals surface area contributed by atoms with Crippen molar-refractivity contribution in [2.24, 2.45) is 0 Å². The Kier molecular flexibility index (Phi) is 4.59. The van der Waals surface area contributed by atoms with E-state index in [0.717, 1.165) is 5.56 Å². The minimum absolute atomic E-state index is 0.275. The van der Waals surface area contributed by atoms with Crippen LogP contribution in [0.15, 0.2) is 18.2 Å². The van der Waals surface area contributed by atoms with Gasteiger partial charge in [-0.2, -0.15) is 0 Å². The third kappa shape index (κ3) is 3.15. The number of nitrogen functional groups attached to an aromatic ring is 1. The van der Waals surface area contributed by atoms with Gasteiger partial charge in [-0.3, -0.25) is 0 Å². The van der Waals surface area contributed by atoms with Crippen LogP contribution in [0, 0.1) is 6.92 Å². The first-order chi connectivity index (χ1) is 6.11. The van der Waals surface area contributed by atoms with Crippen molar-refractivity contribution in [3.63, 3.8) is 0 Å². The summed E-state index contributed by atoms with van der Waals surface area (Å²) in [6, 6.07) is 4.64. The fourth-order valence-electron chi connectivity index (χ4n) is 0.809. The van der Waals surface area contributed by atoms with Gasteiger partial charge in [0.15, 0.2) is 0 Å². The van der Waals surface area contributed by atoms with Crippen LogP contribution in [0.4, 0.5) is 5.69 Å². The normalized spacial score (nSPS) is 8.54. The number of nitrogens with two attached hydrogens (primary N) is 1. The van der Waals surface area contributed by atoms with Gasteiger partial charge in [0, 0.05) is 5.69 Å². The molecule has 0 aromatic heterocycles. The highest BCUT2D eigenvalue weighted by molar-refractivity contribution is 5.88. The molecular formula is C10H15NO2. The van der Waals surface area contributed by atoms with Crippen LogP contribution in [0.25, 0.3) is 0 Å². The molecule has 0 saturated heterocycles. The zero-order valence-corrected chi connectivity index (χ0v) is 8.16. The van der Waals surface area contributed by atoms with E-state index in [2.05, 4.69) is 0 Å². The summed E-state index contributed by atoms with van der Waals surface area (Å²) in [5, 5.41) is 8.56. The summed E-state index contributed by atoms with van der Waals surface area (Å²) in [7, 11) is 0. The Morgan fingerprint density at radius 3 is 2.31 bits per heavy atom. The second kappa shape index (κ2) is 5.19. The van der Waals surface area contributed by atoms with E-state index in [1.54, 1.807) is 19.1 Å². The predicted octanol–water partition coefficient (Wildman–Crippen LogP) is 2.30. The summed E-state index contributed by atoms with van der Waals surface area (Å²) in [5.74, 6) is -0.923. The molecule has 72 valence electrons. The van der Waals surface area contributed by atoms with Crippen molar-refractivity contribution < 1.29 is 9.90 Å². The Morgan fingerprint density at radius 1 is 1.38 bits per heavy atom. The van der Waals surface area contributed by atoms with Gasteiger partial charge in [0.2, 0.25) is 0 Å². The van der Waals surface area contributed by atoms with Crippen LogP contribution in [0.5, 0.6) is 0 Å². The van der Waals surface area contributed by atoms with Crippen LogP contribution in [0.3, 0.4) is 0 Å². The lowest BCUT2D eigenvalue weighted by atomic mass is 10.1. The monoisotopic (exact) mass is 181 g/mol. The molecule has 0 aliphatic heterocycles. The number of carboxylic acids is 1. The summed E-state index contributed by atoms with van der Waals surface area (Å²) < 4.78 is 0. The van der Waals surface area contributed by atoms with Crippen molar-refractivity contribution in [1.29, 1.82) is 0 Å². The Hall–Kier alpha value is -1.51. The van der Waals surface area contributed by atoms with Crippen LogP contribution in [0.2, 0.25) is 0 Å². The van der Waals surface area contributed by atoms with Crippen LogP contribution in [-0.2, 0) is 0 Å². The second-order valence-electron chi connectivity index (χ2n) is 2.38. The highest BCUT2D eigenvalue weighted by atomic mass is 16.4. The molecule has 1 rings (SSSR count). The number of aromatic carboxylic acids is 1. The number of carboxylic acid groups (broad SMARTS) is 1. The maximum Gasteiger partial charge on any atom is 0.335 e. The van der Waals surface area contributed by atoms with Gasteiger partial charge in [-0.15, -0.1) is 0 Å². The fourth-order valence-corrected chi connectivity index (χ4v) is 0.809. The summed E-state index contributed by atoms with van der Waals surface area (Å²) >= 11 is 0. The van der Waals surface area contributed by atoms with E-state index in [0.29, 0.717) is 5.69 Å². The molecule has 0 unspecified atom stereocenters. The standard InChI is InChI=1S/C8H9NO2.C2H6/c1-5-4-6(8(10)11)2-3-7(5)9;1-2/h2-4H,9H2,1H3,(H,10,11);1-2H3. The van der Waals surface area contributed by atoms with Crippen molar-refractivity contribution in [3.8, 4) is 0 Å². The molecule has 0 aliphatic rings. The van der Waals surface area contributed by atoms with E-state index in [4.69, 9.17) is 10.8 Å². The lowest BCUT2D eigenvalue weighted by Crippen LogP contribution is -1.98. The van der Waals surface area contributed by atoms with Crippen LogP contribution in [0.1, 0.15) is 29.8 Å². The SMILES string of the molecule is CC.Cc1cc(C(=O)O)ccc1N. The number of hydrogen-bond acceptors (Lipinski definition) is 2. The highest BCUT2D eigenvalue weighted by Crippen LogP contribution is 2.12. The molecule has 1 aromatic carbocycles. The molecule has 0 radical (unpaired) electrons. The van der Waals surface area contributed by atoms with Gasteiger partial charge in [-0.05, 0) is 30.7 Å². The zero-order valence-electron chi connectivity index (χ0n) is 8.16. The quantitative estimate of drug-likeness (QED) is 0.653. The molecule has 0 bridgehead atoms. The summed E-state index contributed by atoms with van der Waals surface area (Å²) in [6.45, 7) is 5.78. The molecule has 0 fully saturated rings. The third-order valence-corrected chi connectivity index (χ3v) is 1.52. The minimum Gasteiger partial charge on any atom is -0.478 e. The van der Waals surface area contributed by atoms with Crippen LogP contribution in [-0.4, -0.2) is 11.1 Å².